The molecule has 5 nitrogen and oxygen atoms in total. The van der Waals surface area contributed by atoms with Crippen molar-refractivity contribution >= 4 is 23.8 Å². The van der Waals surface area contributed by atoms with Crippen LogP contribution in [0.15, 0.2) is 0 Å². The van der Waals surface area contributed by atoms with Crippen molar-refractivity contribution in [2.45, 2.75) is 57.7 Å². The van der Waals surface area contributed by atoms with E-state index in [1.165, 1.54) is 0 Å². The first-order valence-corrected chi connectivity index (χ1v) is 8.00. The highest BCUT2D eigenvalue weighted by Gasteiger charge is 2.29. The third kappa shape index (κ3) is 7.30. The molecule has 0 aliphatic heterocycles. The minimum absolute atomic E-state index is 0.109. The van der Waals surface area contributed by atoms with Gasteiger partial charge in [0.2, 0.25) is 5.91 Å². The fraction of sp³-hybridized carbons (Fsp3) is 0.846. The Morgan fingerprint density at radius 1 is 1.37 bits per heavy atom. The second-order valence-corrected chi connectivity index (χ2v) is 6.75. The Balaban J connectivity index is 2.47. The van der Waals surface area contributed by atoms with E-state index in [2.05, 4.69) is 10.6 Å². The lowest BCUT2D eigenvalue weighted by Gasteiger charge is -2.23. The van der Waals surface area contributed by atoms with E-state index in [4.69, 9.17) is 4.74 Å². The fourth-order valence-electron chi connectivity index (χ4n) is 1.48. The van der Waals surface area contributed by atoms with Gasteiger partial charge in [0.1, 0.15) is 11.6 Å². The number of alkyl carbamates (subject to hydrolysis) is 1. The molecule has 0 aromatic heterocycles. The van der Waals surface area contributed by atoms with Crippen molar-refractivity contribution in [1.82, 2.24) is 10.6 Å². The molecule has 1 fully saturated rings. The van der Waals surface area contributed by atoms with Crippen LogP contribution in [0.25, 0.3) is 0 Å². The largest absolute Gasteiger partial charge is 0.444 e. The molecule has 2 N–H and O–H groups in total. The van der Waals surface area contributed by atoms with Crippen LogP contribution in [0.2, 0.25) is 0 Å². The Labute approximate surface area is 119 Å². The maximum Gasteiger partial charge on any atom is 0.408 e. The summed E-state index contributed by atoms with van der Waals surface area (Å²) in [4.78, 5) is 23.7. The standard InChI is InChI=1S/C13H24N2O3S/c1-13(2,3)18-12(17)15-10(7-8-19-4)11(16)14-9-5-6-9/h9-10H,5-8H2,1-4H3,(H,14,16)(H,15,17). The van der Waals surface area contributed by atoms with Gasteiger partial charge in [-0.05, 0) is 52.0 Å². The number of hydrogen-bond donors (Lipinski definition) is 2. The predicted octanol–water partition coefficient (Wildman–Crippen LogP) is 1.91. The summed E-state index contributed by atoms with van der Waals surface area (Å²) < 4.78 is 5.18. The van der Waals surface area contributed by atoms with Crippen LogP contribution in [0.5, 0.6) is 0 Å². The van der Waals surface area contributed by atoms with Gasteiger partial charge in [-0.1, -0.05) is 0 Å². The topological polar surface area (TPSA) is 67.4 Å². The van der Waals surface area contributed by atoms with E-state index in [-0.39, 0.29) is 5.91 Å². The van der Waals surface area contributed by atoms with Gasteiger partial charge in [-0.15, -0.1) is 0 Å². The van der Waals surface area contributed by atoms with Crippen LogP contribution in [0, 0.1) is 0 Å². The van der Waals surface area contributed by atoms with Gasteiger partial charge in [0.25, 0.3) is 0 Å². The van der Waals surface area contributed by atoms with E-state index in [0.29, 0.717) is 12.5 Å². The molecule has 1 rings (SSSR count). The first-order valence-electron chi connectivity index (χ1n) is 6.60. The quantitative estimate of drug-likeness (QED) is 0.783. The molecule has 0 heterocycles. The lowest BCUT2D eigenvalue weighted by atomic mass is 10.2. The minimum atomic E-state index is -0.554. The van der Waals surface area contributed by atoms with Crippen LogP contribution in [0.1, 0.15) is 40.0 Å². The monoisotopic (exact) mass is 288 g/mol. The zero-order valence-electron chi connectivity index (χ0n) is 12.1. The molecule has 1 atom stereocenters. The van der Waals surface area contributed by atoms with Gasteiger partial charge >= 0.3 is 6.09 Å². The number of carbonyl (C=O) groups excluding carboxylic acids is 2. The van der Waals surface area contributed by atoms with Crippen LogP contribution >= 0.6 is 11.8 Å². The second-order valence-electron chi connectivity index (χ2n) is 5.76. The Kier molecular flexibility index (Phi) is 5.97. The molecule has 0 aromatic rings. The van der Waals surface area contributed by atoms with Crippen molar-refractivity contribution in [3.05, 3.63) is 0 Å². The zero-order chi connectivity index (χ0) is 14.5. The Morgan fingerprint density at radius 3 is 2.47 bits per heavy atom. The predicted molar refractivity (Wildman–Crippen MR) is 77.3 cm³/mol. The smallest absolute Gasteiger partial charge is 0.408 e. The minimum Gasteiger partial charge on any atom is -0.444 e. The molecule has 0 aromatic carbocycles. The number of hydrogen-bond acceptors (Lipinski definition) is 4. The SMILES string of the molecule is CSCCC(NC(=O)OC(C)(C)C)C(=O)NC1CC1. The van der Waals surface area contributed by atoms with Crippen molar-refractivity contribution in [1.29, 1.82) is 0 Å². The van der Waals surface area contributed by atoms with Crippen molar-refractivity contribution in [3.8, 4) is 0 Å². The van der Waals surface area contributed by atoms with Crippen LogP contribution in [0.4, 0.5) is 4.79 Å². The zero-order valence-corrected chi connectivity index (χ0v) is 12.9. The lowest BCUT2D eigenvalue weighted by Crippen LogP contribution is -2.49. The summed E-state index contributed by atoms with van der Waals surface area (Å²) in [6.07, 6.45) is 4.12. The van der Waals surface area contributed by atoms with E-state index in [1.54, 1.807) is 32.5 Å². The lowest BCUT2D eigenvalue weighted by molar-refractivity contribution is -0.123. The van der Waals surface area contributed by atoms with Crippen LogP contribution < -0.4 is 10.6 Å². The van der Waals surface area contributed by atoms with Crippen molar-refractivity contribution in [2.75, 3.05) is 12.0 Å². The number of amides is 2. The molecule has 0 radical (unpaired) electrons. The normalized spacial score (nSPS) is 16.6. The Hall–Kier alpha value is -0.910. The maximum atomic E-state index is 12.0. The van der Waals surface area contributed by atoms with Gasteiger partial charge in [0, 0.05) is 6.04 Å². The molecule has 2 amide bonds. The Morgan fingerprint density at radius 2 is 2.00 bits per heavy atom. The van der Waals surface area contributed by atoms with Crippen molar-refractivity contribution < 1.29 is 14.3 Å². The summed E-state index contributed by atoms with van der Waals surface area (Å²) in [6, 6.07) is -0.215. The highest BCUT2D eigenvalue weighted by molar-refractivity contribution is 7.98. The molecule has 110 valence electrons. The van der Waals surface area contributed by atoms with Gasteiger partial charge in [-0.25, -0.2) is 4.79 Å². The number of nitrogens with one attached hydrogen (secondary N) is 2. The van der Waals surface area contributed by atoms with Gasteiger partial charge < -0.3 is 15.4 Å². The molecule has 19 heavy (non-hydrogen) atoms. The summed E-state index contributed by atoms with van der Waals surface area (Å²) in [7, 11) is 0. The Bertz CT molecular complexity index is 324. The van der Waals surface area contributed by atoms with E-state index >= 15 is 0 Å². The maximum absolute atomic E-state index is 12.0. The summed E-state index contributed by atoms with van der Waals surface area (Å²) >= 11 is 1.65. The molecule has 1 aliphatic rings. The van der Waals surface area contributed by atoms with E-state index < -0.39 is 17.7 Å². The number of ether oxygens (including phenoxy) is 1. The third-order valence-electron chi connectivity index (χ3n) is 2.54. The first-order chi connectivity index (χ1) is 8.81. The van der Waals surface area contributed by atoms with Gasteiger partial charge in [0.15, 0.2) is 0 Å². The molecule has 1 saturated carbocycles. The second kappa shape index (κ2) is 7.03. The van der Waals surface area contributed by atoms with Gasteiger partial charge in [0.05, 0.1) is 0 Å². The highest BCUT2D eigenvalue weighted by Crippen LogP contribution is 2.19. The molecular formula is C13H24N2O3S. The summed E-state index contributed by atoms with van der Waals surface area (Å²) in [5.74, 6) is 0.709. The number of rotatable bonds is 6. The van der Waals surface area contributed by atoms with Gasteiger partial charge in [-0.2, -0.15) is 11.8 Å². The molecule has 0 saturated heterocycles. The molecule has 0 bridgehead atoms. The highest BCUT2D eigenvalue weighted by atomic mass is 32.2. The summed E-state index contributed by atoms with van der Waals surface area (Å²) in [5.41, 5.74) is -0.554. The van der Waals surface area contributed by atoms with E-state index in [0.717, 1.165) is 18.6 Å². The third-order valence-corrected chi connectivity index (χ3v) is 3.19. The molecular weight excluding hydrogens is 264 g/mol. The van der Waals surface area contributed by atoms with Crippen molar-refractivity contribution in [3.63, 3.8) is 0 Å². The van der Waals surface area contributed by atoms with E-state index in [9.17, 15) is 9.59 Å². The average Bonchev–Trinajstić information content (AvgIpc) is 3.05. The van der Waals surface area contributed by atoms with E-state index in [1.807, 2.05) is 6.26 Å². The molecule has 6 heteroatoms. The first kappa shape index (κ1) is 16.1. The molecule has 0 spiro atoms. The number of carbonyl (C=O) groups is 2. The van der Waals surface area contributed by atoms with Crippen LogP contribution in [-0.2, 0) is 9.53 Å². The van der Waals surface area contributed by atoms with Crippen LogP contribution in [0.3, 0.4) is 0 Å². The number of thioether (sulfide) groups is 1. The summed E-state index contributed by atoms with van der Waals surface area (Å²) in [6.45, 7) is 5.40. The molecule has 1 aliphatic carbocycles. The van der Waals surface area contributed by atoms with Gasteiger partial charge in [-0.3, -0.25) is 4.79 Å². The fourth-order valence-corrected chi connectivity index (χ4v) is 1.96. The van der Waals surface area contributed by atoms with Crippen molar-refractivity contribution in [2.24, 2.45) is 0 Å². The van der Waals surface area contributed by atoms with Crippen LogP contribution in [-0.4, -0.2) is 41.7 Å². The molecule has 1 unspecified atom stereocenters. The average molecular weight is 288 g/mol. The summed E-state index contributed by atoms with van der Waals surface area (Å²) in [5, 5.41) is 5.57.